The Morgan fingerprint density at radius 2 is 1.94 bits per heavy atom. The molecular formula is C13H22N4O. The van der Waals surface area contributed by atoms with Gasteiger partial charge < -0.3 is 15.7 Å². The van der Waals surface area contributed by atoms with Crippen molar-refractivity contribution in [2.75, 3.05) is 30.3 Å². The zero-order chi connectivity index (χ0) is 12.8. The Hall–Kier alpha value is -1.36. The number of anilines is 2. The molecule has 0 radical (unpaired) electrons. The van der Waals surface area contributed by atoms with Crippen LogP contribution in [0.5, 0.6) is 0 Å². The lowest BCUT2D eigenvalue weighted by Crippen LogP contribution is -2.09. The second-order valence-electron chi connectivity index (χ2n) is 4.66. The molecule has 1 aliphatic rings. The van der Waals surface area contributed by atoms with Gasteiger partial charge in [0, 0.05) is 31.7 Å². The zero-order valence-corrected chi connectivity index (χ0v) is 10.9. The van der Waals surface area contributed by atoms with E-state index >= 15 is 0 Å². The number of nitrogens with zero attached hydrogens (tertiary/aromatic N) is 2. The van der Waals surface area contributed by atoms with Crippen LogP contribution in [0.4, 0.5) is 11.6 Å². The highest BCUT2D eigenvalue weighted by Crippen LogP contribution is 2.38. The Balaban J connectivity index is 1.98. The summed E-state index contributed by atoms with van der Waals surface area (Å²) in [6.07, 6.45) is 4.20. The van der Waals surface area contributed by atoms with Gasteiger partial charge in [-0.3, -0.25) is 0 Å². The average Bonchev–Trinajstić information content (AvgIpc) is 3.19. The molecule has 0 unspecified atom stereocenters. The third-order valence-corrected chi connectivity index (χ3v) is 2.93. The van der Waals surface area contributed by atoms with Crippen LogP contribution in [0.15, 0.2) is 6.07 Å². The van der Waals surface area contributed by atoms with Crippen molar-refractivity contribution in [1.82, 2.24) is 9.97 Å². The molecule has 1 aromatic heterocycles. The molecule has 2 rings (SSSR count). The van der Waals surface area contributed by atoms with Gasteiger partial charge in [-0.05, 0) is 32.6 Å². The van der Waals surface area contributed by atoms with Gasteiger partial charge in [0.05, 0.1) is 0 Å². The highest BCUT2D eigenvalue weighted by atomic mass is 16.2. The van der Waals surface area contributed by atoms with Crippen molar-refractivity contribution in [1.29, 1.82) is 0 Å². The average molecular weight is 250 g/mol. The first kappa shape index (κ1) is 13.1. The molecule has 0 amide bonds. The Kier molecular flexibility index (Phi) is 4.75. The minimum absolute atomic E-state index is 0.251. The molecule has 0 aliphatic heterocycles. The van der Waals surface area contributed by atoms with Crippen molar-refractivity contribution in [2.24, 2.45) is 0 Å². The number of hydrogen-bond acceptors (Lipinski definition) is 5. The molecule has 0 aromatic carbocycles. The fraction of sp³-hybridized carbons (Fsp3) is 0.692. The first-order valence-electron chi connectivity index (χ1n) is 6.81. The molecule has 1 aliphatic carbocycles. The molecule has 1 heterocycles. The predicted octanol–water partition coefficient (Wildman–Crippen LogP) is 1.97. The van der Waals surface area contributed by atoms with Crippen LogP contribution in [0.3, 0.4) is 0 Å². The summed E-state index contributed by atoms with van der Waals surface area (Å²) < 4.78 is 0. The molecule has 1 saturated carbocycles. The number of hydrogen-bond donors (Lipinski definition) is 3. The van der Waals surface area contributed by atoms with Crippen LogP contribution in [0, 0.1) is 0 Å². The number of nitrogens with one attached hydrogen (secondary N) is 2. The molecular weight excluding hydrogens is 228 g/mol. The number of rotatable bonds is 8. The quantitative estimate of drug-likeness (QED) is 0.615. The summed E-state index contributed by atoms with van der Waals surface area (Å²) in [4.78, 5) is 9.08. The summed E-state index contributed by atoms with van der Waals surface area (Å²) in [6, 6.07) is 1.95. The van der Waals surface area contributed by atoms with Crippen molar-refractivity contribution >= 4 is 11.6 Å². The van der Waals surface area contributed by atoms with E-state index in [1.165, 1.54) is 12.8 Å². The number of aliphatic hydroxyl groups excluding tert-OH is 1. The summed E-state index contributed by atoms with van der Waals surface area (Å²) in [5.74, 6) is 3.31. The monoisotopic (exact) mass is 250 g/mol. The van der Waals surface area contributed by atoms with Crippen LogP contribution in [0.25, 0.3) is 0 Å². The van der Waals surface area contributed by atoms with Crippen LogP contribution in [0.1, 0.15) is 44.3 Å². The zero-order valence-electron chi connectivity index (χ0n) is 10.9. The maximum Gasteiger partial charge on any atom is 0.136 e. The minimum Gasteiger partial charge on any atom is -0.396 e. The fourth-order valence-electron chi connectivity index (χ4n) is 1.81. The van der Waals surface area contributed by atoms with Gasteiger partial charge in [0.2, 0.25) is 0 Å². The molecule has 100 valence electrons. The number of unbranched alkanes of at least 4 members (excludes halogenated alkanes) is 1. The molecule has 0 atom stereocenters. The first-order valence-corrected chi connectivity index (χ1v) is 6.81. The third kappa shape index (κ3) is 3.84. The molecule has 0 spiro atoms. The summed E-state index contributed by atoms with van der Waals surface area (Å²) in [5.41, 5.74) is 0. The Labute approximate surface area is 108 Å². The van der Waals surface area contributed by atoms with E-state index in [1.54, 1.807) is 0 Å². The van der Waals surface area contributed by atoms with E-state index in [-0.39, 0.29) is 6.61 Å². The third-order valence-electron chi connectivity index (χ3n) is 2.93. The minimum atomic E-state index is 0.251. The van der Waals surface area contributed by atoms with Crippen LogP contribution in [-0.4, -0.2) is 34.8 Å². The summed E-state index contributed by atoms with van der Waals surface area (Å²) in [5, 5.41) is 15.3. The number of aliphatic hydroxyl groups is 1. The molecule has 18 heavy (non-hydrogen) atoms. The van der Waals surface area contributed by atoms with Crippen molar-refractivity contribution < 1.29 is 5.11 Å². The lowest BCUT2D eigenvalue weighted by molar-refractivity contribution is 0.286. The van der Waals surface area contributed by atoms with Gasteiger partial charge in [-0.2, -0.15) is 0 Å². The van der Waals surface area contributed by atoms with E-state index in [0.29, 0.717) is 5.92 Å². The van der Waals surface area contributed by atoms with Crippen molar-refractivity contribution in [3.8, 4) is 0 Å². The van der Waals surface area contributed by atoms with Crippen LogP contribution >= 0.6 is 0 Å². The second-order valence-corrected chi connectivity index (χ2v) is 4.66. The summed E-state index contributed by atoms with van der Waals surface area (Å²) in [7, 11) is 0. The van der Waals surface area contributed by atoms with E-state index in [1.807, 2.05) is 6.07 Å². The SMILES string of the molecule is CCNc1cc(NCCCCO)nc(C2CC2)n1. The lowest BCUT2D eigenvalue weighted by atomic mass is 10.3. The standard InChI is InChI=1S/C13H22N4O/c1-2-14-11-9-12(15-7-3-4-8-18)17-13(16-11)10-5-6-10/h9-10,18H,2-8H2,1H3,(H2,14,15,16,17). The molecule has 5 heteroatoms. The van der Waals surface area contributed by atoms with E-state index in [9.17, 15) is 0 Å². The van der Waals surface area contributed by atoms with Gasteiger partial charge in [0.15, 0.2) is 0 Å². The van der Waals surface area contributed by atoms with Gasteiger partial charge in [0.1, 0.15) is 17.5 Å². The van der Waals surface area contributed by atoms with Crippen molar-refractivity contribution in [3.63, 3.8) is 0 Å². The molecule has 0 bridgehead atoms. The topological polar surface area (TPSA) is 70.1 Å². The molecule has 1 aromatic rings. The van der Waals surface area contributed by atoms with Gasteiger partial charge in [-0.1, -0.05) is 0 Å². The summed E-state index contributed by atoms with van der Waals surface area (Å²) >= 11 is 0. The molecule has 0 saturated heterocycles. The highest BCUT2D eigenvalue weighted by molar-refractivity contribution is 5.48. The maximum absolute atomic E-state index is 8.74. The first-order chi connectivity index (χ1) is 8.83. The van der Waals surface area contributed by atoms with Gasteiger partial charge in [0.25, 0.3) is 0 Å². The molecule has 5 nitrogen and oxygen atoms in total. The van der Waals surface area contributed by atoms with Gasteiger partial charge in [-0.15, -0.1) is 0 Å². The van der Waals surface area contributed by atoms with Crippen molar-refractivity contribution in [3.05, 3.63) is 11.9 Å². The Morgan fingerprint density at radius 3 is 2.56 bits per heavy atom. The number of aromatic nitrogens is 2. The lowest BCUT2D eigenvalue weighted by Gasteiger charge is -2.10. The largest absolute Gasteiger partial charge is 0.396 e. The van der Waals surface area contributed by atoms with Gasteiger partial charge >= 0.3 is 0 Å². The smallest absolute Gasteiger partial charge is 0.136 e. The fourth-order valence-corrected chi connectivity index (χ4v) is 1.81. The van der Waals surface area contributed by atoms with E-state index in [4.69, 9.17) is 5.11 Å². The maximum atomic E-state index is 8.74. The molecule has 3 N–H and O–H groups in total. The van der Waals surface area contributed by atoms with E-state index in [0.717, 1.165) is 43.4 Å². The second kappa shape index (κ2) is 6.54. The summed E-state index contributed by atoms with van der Waals surface area (Å²) in [6.45, 7) is 4.02. The van der Waals surface area contributed by atoms with Crippen LogP contribution < -0.4 is 10.6 Å². The highest BCUT2D eigenvalue weighted by Gasteiger charge is 2.27. The Bertz CT molecular complexity index is 379. The predicted molar refractivity (Wildman–Crippen MR) is 73.0 cm³/mol. The van der Waals surface area contributed by atoms with E-state index < -0.39 is 0 Å². The van der Waals surface area contributed by atoms with Gasteiger partial charge in [-0.25, -0.2) is 9.97 Å². The van der Waals surface area contributed by atoms with E-state index in [2.05, 4.69) is 27.5 Å². The molecule has 1 fully saturated rings. The Morgan fingerprint density at radius 1 is 1.22 bits per heavy atom. The van der Waals surface area contributed by atoms with Crippen LogP contribution in [0.2, 0.25) is 0 Å². The normalized spacial score (nSPS) is 14.6. The van der Waals surface area contributed by atoms with Crippen molar-refractivity contribution in [2.45, 2.75) is 38.5 Å². The van der Waals surface area contributed by atoms with Crippen LogP contribution in [-0.2, 0) is 0 Å².